The number of hydrogen-bond acceptors (Lipinski definition) is 2. The minimum absolute atomic E-state index is 0.113. The fraction of sp³-hybridized carbons (Fsp3) is 0.600. The van der Waals surface area contributed by atoms with Gasteiger partial charge in [0.15, 0.2) is 0 Å². The van der Waals surface area contributed by atoms with E-state index in [0.29, 0.717) is 0 Å². The summed E-state index contributed by atoms with van der Waals surface area (Å²) in [4.78, 5) is 0. The molecule has 0 aromatic rings. The van der Waals surface area contributed by atoms with Crippen molar-refractivity contribution in [2.45, 2.75) is 31.5 Å². The van der Waals surface area contributed by atoms with E-state index in [2.05, 4.69) is 25.2 Å². The van der Waals surface area contributed by atoms with Gasteiger partial charge >= 0.3 is 0 Å². The third-order valence-electron chi connectivity index (χ3n) is 2.57. The molecule has 0 bridgehead atoms. The van der Waals surface area contributed by atoms with Crippen molar-refractivity contribution >= 4 is 0 Å². The van der Waals surface area contributed by atoms with Gasteiger partial charge in [0.2, 0.25) is 0 Å². The molecule has 2 rings (SSSR count). The molecule has 0 fully saturated rings. The smallest absolute Gasteiger partial charge is 0.130 e. The van der Waals surface area contributed by atoms with Crippen molar-refractivity contribution in [2.75, 3.05) is 6.61 Å². The lowest BCUT2D eigenvalue weighted by Gasteiger charge is -2.35. The van der Waals surface area contributed by atoms with Gasteiger partial charge in [-0.25, -0.2) is 0 Å². The van der Waals surface area contributed by atoms with Gasteiger partial charge in [-0.1, -0.05) is 12.2 Å². The van der Waals surface area contributed by atoms with Crippen LogP contribution >= 0.6 is 0 Å². The molecule has 0 N–H and O–H groups in total. The Labute approximate surface area is 72.9 Å². The Hall–Kier alpha value is -0.760. The average molecular weight is 166 g/mol. The maximum Gasteiger partial charge on any atom is 0.130 e. The second-order valence-corrected chi connectivity index (χ2v) is 3.53. The normalized spacial score (nSPS) is 39.9. The summed E-state index contributed by atoms with van der Waals surface area (Å²) in [5.41, 5.74) is -0.113. The molecule has 2 aliphatic heterocycles. The highest BCUT2D eigenvalue weighted by atomic mass is 16.5. The Morgan fingerprint density at radius 1 is 1.33 bits per heavy atom. The largest absolute Gasteiger partial charge is 0.495 e. The molecule has 2 atom stereocenters. The van der Waals surface area contributed by atoms with Gasteiger partial charge in [-0.05, 0) is 19.4 Å². The zero-order valence-electron chi connectivity index (χ0n) is 7.32. The van der Waals surface area contributed by atoms with E-state index in [1.807, 2.05) is 0 Å². The van der Waals surface area contributed by atoms with Crippen LogP contribution in [0.25, 0.3) is 0 Å². The zero-order chi connectivity index (χ0) is 8.44. The molecule has 0 spiro atoms. The van der Waals surface area contributed by atoms with Crippen LogP contribution in [0.2, 0.25) is 0 Å². The summed E-state index contributed by atoms with van der Waals surface area (Å²) in [6.07, 6.45) is 10.2. The van der Waals surface area contributed by atoms with Gasteiger partial charge in [-0.3, -0.25) is 0 Å². The second-order valence-electron chi connectivity index (χ2n) is 3.53. The second kappa shape index (κ2) is 2.94. The molecule has 2 heterocycles. The summed E-state index contributed by atoms with van der Waals surface area (Å²) < 4.78 is 11.2. The summed E-state index contributed by atoms with van der Waals surface area (Å²) in [7, 11) is 0. The van der Waals surface area contributed by atoms with E-state index in [-0.39, 0.29) is 11.7 Å². The lowest BCUT2D eigenvalue weighted by atomic mass is 9.91. The van der Waals surface area contributed by atoms with E-state index in [4.69, 9.17) is 9.47 Å². The van der Waals surface area contributed by atoms with Crippen molar-refractivity contribution in [2.24, 2.45) is 0 Å². The zero-order valence-corrected chi connectivity index (χ0v) is 7.32. The Morgan fingerprint density at radius 3 is 2.83 bits per heavy atom. The van der Waals surface area contributed by atoms with E-state index in [1.165, 1.54) is 0 Å². The van der Waals surface area contributed by atoms with Gasteiger partial charge in [0, 0.05) is 6.42 Å². The maximum absolute atomic E-state index is 5.70. The van der Waals surface area contributed by atoms with Crippen molar-refractivity contribution < 1.29 is 9.47 Å². The molecule has 0 saturated heterocycles. The van der Waals surface area contributed by atoms with Crippen LogP contribution in [0.5, 0.6) is 0 Å². The lowest BCUT2D eigenvalue weighted by molar-refractivity contribution is -0.102. The summed E-state index contributed by atoms with van der Waals surface area (Å²) in [5.74, 6) is 0. The first-order chi connectivity index (χ1) is 5.81. The van der Waals surface area contributed by atoms with Crippen molar-refractivity contribution in [1.29, 1.82) is 0 Å². The molecular weight excluding hydrogens is 152 g/mol. The summed E-state index contributed by atoms with van der Waals surface area (Å²) >= 11 is 0. The predicted octanol–water partition coefficient (Wildman–Crippen LogP) is 2.02. The van der Waals surface area contributed by atoms with Crippen molar-refractivity contribution in [3.8, 4) is 0 Å². The molecule has 0 amide bonds. The quantitative estimate of drug-likeness (QED) is 0.555. The molecule has 0 unspecified atom stereocenters. The van der Waals surface area contributed by atoms with E-state index < -0.39 is 0 Å². The number of hydrogen-bond donors (Lipinski definition) is 0. The molecule has 0 radical (unpaired) electrons. The molecule has 0 aromatic heterocycles. The predicted molar refractivity (Wildman–Crippen MR) is 46.7 cm³/mol. The Bertz CT molecular complexity index is 212. The van der Waals surface area contributed by atoms with Crippen LogP contribution in [0.1, 0.15) is 19.8 Å². The van der Waals surface area contributed by atoms with Crippen molar-refractivity contribution in [3.63, 3.8) is 0 Å². The average Bonchev–Trinajstić information content (AvgIpc) is 2.58. The third kappa shape index (κ3) is 1.27. The van der Waals surface area contributed by atoms with Crippen molar-refractivity contribution in [3.05, 3.63) is 24.5 Å². The monoisotopic (exact) mass is 166 g/mol. The Balaban J connectivity index is 2.04. The molecule has 2 nitrogen and oxygen atoms in total. The van der Waals surface area contributed by atoms with Gasteiger partial charge in [0.1, 0.15) is 11.7 Å². The molecule has 2 aliphatic rings. The first kappa shape index (κ1) is 7.87. The van der Waals surface area contributed by atoms with Crippen LogP contribution in [0.4, 0.5) is 0 Å². The van der Waals surface area contributed by atoms with E-state index in [9.17, 15) is 0 Å². The van der Waals surface area contributed by atoms with Gasteiger partial charge in [0.25, 0.3) is 0 Å². The Morgan fingerprint density at radius 2 is 2.25 bits per heavy atom. The number of ether oxygens (including phenoxy) is 2. The maximum atomic E-state index is 5.70. The van der Waals surface area contributed by atoms with Crippen LogP contribution in [0.15, 0.2) is 24.5 Å². The summed E-state index contributed by atoms with van der Waals surface area (Å²) in [6.45, 7) is 2.84. The minimum atomic E-state index is -0.113. The van der Waals surface area contributed by atoms with Crippen molar-refractivity contribution in [1.82, 2.24) is 0 Å². The molecular formula is C10H14O2. The third-order valence-corrected chi connectivity index (χ3v) is 2.57. The molecule has 2 heteroatoms. The minimum Gasteiger partial charge on any atom is -0.495 e. The van der Waals surface area contributed by atoms with Crippen LogP contribution in [0, 0.1) is 0 Å². The molecule has 66 valence electrons. The van der Waals surface area contributed by atoms with Gasteiger partial charge in [-0.15, -0.1) is 0 Å². The summed E-state index contributed by atoms with van der Waals surface area (Å²) in [6, 6.07) is 0. The highest BCUT2D eigenvalue weighted by molar-refractivity contribution is 5.04. The highest BCUT2D eigenvalue weighted by Crippen LogP contribution is 2.30. The topological polar surface area (TPSA) is 18.5 Å². The number of rotatable bonds is 1. The van der Waals surface area contributed by atoms with E-state index in [0.717, 1.165) is 19.4 Å². The fourth-order valence-electron chi connectivity index (χ4n) is 1.69. The first-order valence-electron chi connectivity index (χ1n) is 4.41. The van der Waals surface area contributed by atoms with E-state index in [1.54, 1.807) is 6.26 Å². The standard InChI is InChI=1S/C10H14O2/c1-10(6-2-3-8-12-10)9-5-4-7-11-9/h2-4,7,9H,5-6,8H2,1H3/t9-,10-/m1/s1. The first-order valence-corrected chi connectivity index (χ1v) is 4.41. The van der Waals surface area contributed by atoms with Crippen LogP contribution in [0.3, 0.4) is 0 Å². The lowest BCUT2D eigenvalue weighted by Crippen LogP contribution is -2.42. The molecule has 0 aliphatic carbocycles. The Kier molecular flexibility index (Phi) is 1.93. The van der Waals surface area contributed by atoms with Gasteiger partial charge in [-0.2, -0.15) is 0 Å². The summed E-state index contributed by atoms with van der Waals surface area (Å²) in [5, 5.41) is 0. The highest BCUT2D eigenvalue weighted by Gasteiger charge is 2.37. The van der Waals surface area contributed by atoms with Gasteiger partial charge in [0.05, 0.1) is 12.9 Å². The van der Waals surface area contributed by atoms with E-state index >= 15 is 0 Å². The molecule has 0 aromatic carbocycles. The van der Waals surface area contributed by atoms with Crippen LogP contribution in [-0.4, -0.2) is 18.3 Å². The fourth-order valence-corrected chi connectivity index (χ4v) is 1.69. The molecule has 0 saturated carbocycles. The van der Waals surface area contributed by atoms with Crippen LogP contribution in [-0.2, 0) is 9.47 Å². The molecule has 12 heavy (non-hydrogen) atoms. The van der Waals surface area contributed by atoms with Gasteiger partial charge < -0.3 is 9.47 Å². The van der Waals surface area contributed by atoms with Crippen LogP contribution < -0.4 is 0 Å². The SMILES string of the molecule is C[C@]1([C@H]2CC=CO2)CC=CCO1.